The standard InChI is InChI=1S/C28H23BO3/c1-27(2)28(3,4)32-29(31-27)17-14-16-8-7-10-21-24(16)22(15-17)19-12-13-20-18-9-5-6-11-23(18)30-26(20)25(19)21/h5-15H,1-4H3. The Labute approximate surface area is 187 Å². The van der Waals surface area contributed by atoms with Crippen LogP contribution in [0.5, 0.6) is 0 Å². The molecule has 7 rings (SSSR count). The third-order valence-electron chi connectivity index (χ3n) is 7.63. The number of hydrogen-bond acceptors (Lipinski definition) is 3. The van der Waals surface area contributed by atoms with Gasteiger partial charge in [0.2, 0.25) is 0 Å². The van der Waals surface area contributed by atoms with Gasteiger partial charge in [-0.15, -0.1) is 0 Å². The molecule has 0 radical (unpaired) electrons. The first-order valence-corrected chi connectivity index (χ1v) is 11.2. The first-order chi connectivity index (χ1) is 15.3. The highest BCUT2D eigenvalue weighted by molar-refractivity contribution is 6.62. The Morgan fingerprint density at radius 3 is 2.28 bits per heavy atom. The van der Waals surface area contributed by atoms with Crippen molar-refractivity contribution in [3.8, 4) is 22.3 Å². The van der Waals surface area contributed by atoms with Crippen LogP contribution in [0.1, 0.15) is 27.7 Å². The molecule has 0 amide bonds. The summed E-state index contributed by atoms with van der Waals surface area (Å²) in [6.07, 6.45) is 0. The van der Waals surface area contributed by atoms with Gasteiger partial charge in [-0.05, 0) is 72.8 Å². The summed E-state index contributed by atoms with van der Waals surface area (Å²) >= 11 is 0. The Morgan fingerprint density at radius 2 is 1.47 bits per heavy atom. The van der Waals surface area contributed by atoms with Crippen LogP contribution in [0, 0.1) is 0 Å². The average Bonchev–Trinajstić information content (AvgIpc) is 3.37. The molecule has 1 fully saturated rings. The topological polar surface area (TPSA) is 31.6 Å². The summed E-state index contributed by atoms with van der Waals surface area (Å²) in [5, 5.41) is 4.79. The van der Waals surface area contributed by atoms with Crippen LogP contribution in [0.4, 0.5) is 0 Å². The van der Waals surface area contributed by atoms with E-state index in [-0.39, 0.29) is 18.3 Å². The van der Waals surface area contributed by atoms with Crippen LogP contribution in [0.2, 0.25) is 0 Å². The van der Waals surface area contributed by atoms with Crippen molar-refractivity contribution in [2.45, 2.75) is 38.9 Å². The van der Waals surface area contributed by atoms with Crippen LogP contribution in [0.25, 0.3) is 55.0 Å². The molecule has 5 aromatic rings. The quantitative estimate of drug-likeness (QED) is 0.279. The zero-order valence-corrected chi connectivity index (χ0v) is 18.7. The first kappa shape index (κ1) is 18.5. The van der Waals surface area contributed by atoms with Crippen molar-refractivity contribution in [1.29, 1.82) is 0 Å². The second kappa shape index (κ2) is 5.83. The molecule has 156 valence electrons. The molecule has 0 spiro atoms. The van der Waals surface area contributed by atoms with E-state index in [1.807, 2.05) is 12.1 Å². The monoisotopic (exact) mass is 418 g/mol. The van der Waals surface area contributed by atoms with Crippen molar-refractivity contribution in [2.24, 2.45) is 0 Å². The van der Waals surface area contributed by atoms with E-state index in [4.69, 9.17) is 13.7 Å². The third-order valence-corrected chi connectivity index (χ3v) is 7.63. The molecule has 32 heavy (non-hydrogen) atoms. The van der Waals surface area contributed by atoms with Gasteiger partial charge in [0, 0.05) is 16.3 Å². The lowest BCUT2D eigenvalue weighted by atomic mass is 9.77. The van der Waals surface area contributed by atoms with Crippen LogP contribution < -0.4 is 5.46 Å². The summed E-state index contributed by atoms with van der Waals surface area (Å²) in [6.45, 7) is 8.38. The Balaban J connectivity index is 1.49. The predicted octanol–water partition coefficient (Wildman–Crippen LogP) is 6.69. The largest absolute Gasteiger partial charge is 0.494 e. The Hall–Kier alpha value is -3.08. The lowest BCUT2D eigenvalue weighted by Gasteiger charge is -2.32. The number of hydrogen-bond donors (Lipinski definition) is 0. The minimum absolute atomic E-state index is 0.368. The van der Waals surface area contributed by atoms with Crippen molar-refractivity contribution in [3.05, 3.63) is 66.7 Å². The van der Waals surface area contributed by atoms with Crippen molar-refractivity contribution in [2.75, 3.05) is 0 Å². The van der Waals surface area contributed by atoms with Crippen molar-refractivity contribution >= 4 is 45.3 Å². The van der Waals surface area contributed by atoms with Crippen LogP contribution in [0.3, 0.4) is 0 Å². The lowest BCUT2D eigenvalue weighted by Crippen LogP contribution is -2.41. The van der Waals surface area contributed by atoms with Gasteiger partial charge < -0.3 is 13.7 Å². The highest BCUT2D eigenvalue weighted by atomic mass is 16.7. The SMILES string of the molecule is CC1(C)OB(c2cc3c4c(cccc4c2)-c2c-3ccc3c2oc2ccccc23)OC1(C)C. The molecule has 0 N–H and O–H groups in total. The second-order valence-corrected chi connectivity index (χ2v) is 10.0. The molecule has 1 aromatic heterocycles. The minimum atomic E-state index is -0.386. The molecule has 3 nitrogen and oxygen atoms in total. The normalized spacial score (nSPS) is 18.2. The fourth-order valence-electron chi connectivity index (χ4n) is 5.27. The number of rotatable bonds is 1. The van der Waals surface area contributed by atoms with Gasteiger partial charge in [-0.1, -0.05) is 54.6 Å². The van der Waals surface area contributed by atoms with E-state index in [1.165, 1.54) is 33.0 Å². The fraction of sp³-hybridized carbons (Fsp3) is 0.214. The molecule has 4 heteroatoms. The van der Waals surface area contributed by atoms with Gasteiger partial charge in [-0.25, -0.2) is 0 Å². The maximum atomic E-state index is 6.39. The average molecular weight is 418 g/mol. The van der Waals surface area contributed by atoms with Crippen LogP contribution >= 0.6 is 0 Å². The molecule has 1 aliphatic heterocycles. The molecule has 0 atom stereocenters. The van der Waals surface area contributed by atoms with Gasteiger partial charge in [0.15, 0.2) is 0 Å². The third kappa shape index (κ3) is 2.24. The zero-order valence-electron chi connectivity index (χ0n) is 18.7. The molecule has 1 saturated heterocycles. The van der Waals surface area contributed by atoms with E-state index in [9.17, 15) is 0 Å². The smallest absolute Gasteiger partial charge is 0.455 e. The Bertz CT molecular complexity index is 1580. The van der Waals surface area contributed by atoms with Crippen molar-refractivity contribution in [1.82, 2.24) is 0 Å². The summed E-state index contributed by atoms with van der Waals surface area (Å²) in [4.78, 5) is 0. The summed E-state index contributed by atoms with van der Waals surface area (Å²) in [7, 11) is -0.386. The second-order valence-electron chi connectivity index (χ2n) is 10.0. The maximum absolute atomic E-state index is 6.39. The van der Waals surface area contributed by atoms with E-state index in [1.54, 1.807) is 0 Å². The predicted molar refractivity (Wildman–Crippen MR) is 131 cm³/mol. The van der Waals surface area contributed by atoms with E-state index in [0.717, 1.165) is 27.4 Å². The highest BCUT2D eigenvalue weighted by Gasteiger charge is 2.52. The number of fused-ring (bicyclic) bond motifs is 7. The lowest BCUT2D eigenvalue weighted by molar-refractivity contribution is 0.00578. The molecular formula is C28H23BO3. The molecule has 2 heterocycles. The van der Waals surface area contributed by atoms with E-state index in [2.05, 4.69) is 82.3 Å². The number of para-hydroxylation sites is 1. The Morgan fingerprint density at radius 1 is 0.688 bits per heavy atom. The molecule has 2 aliphatic rings. The van der Waals surface area contributed by atoms with E-state index < -0.39 is 0 Å². The number of benzene rings is 4. The van der Waals surface area contributed by atoms with Gasteiger partial charge in [-0.2, -0.15) is 0 Å². The zero-order chi connectivity index (χ0) is 21.8. The molecule has 1 aliphatic carbocycles. The van der Waals surface area contributed by atoms with Crippen LogP contribution in [-0.4, -0.2) is 18.3 Å². The fourth-order valence-corrected chi connectivity index (χ4v) is 5.27. The summed E-state index contributed by atoms with van der Waals surface area (Å²) in [5.41, 5.74) is 7.06. The molecule has 0 saturated carbocycles. The summed E-state index contributed by atoms with van der Waals surface area (Å²) in [5.74, 6) is 0. The molecule has 0 unspecified atom stereocenters. The van der Waals surface area contributed by atoms with Gasteiger partial charge >= 0.3 is 7.12 Å². The highest BCUT2D eigenvalue weighted by Crippen LogP contribution is 2.51. The van der Waals surface area contributed by atoms with Crippen molar-refractivity contribution in [3.63, 3.8) is 0 Å². The van der Waals surface area contributed by atoms with Gasteiger partial charge in [0.05, 0.1) is 11.2 Å². The van der Waals surface area contributed by atoms with Gasteiger partial charge in [-0.3, -0.25) is 0 Å². The number of furan rings is 1. The first-order valence-electron chi connectivity index (χ1n) is 11.2. The molecule has 0 bridgehead atoms. The van der Waals surface area contributed by atoms with E-state index >= 15 is 0 Å². The molecular weight excluding hydrogens is 395 g/mol. The Kier molecular flexibility index (Phi) is 3.37. The van der Waals surface area contributed by atoms with Crippen molar-refractivity contribution < 1.29 is 13.7 Å². The van der Waals surface area contributed by atoms with Crippen LogP contribution in [-0.2, 0) is 9.31 Å². The van der Waals surface area contributed by atoms with Crippen LogP contribution in [0.15, 0.2) is 71.1 Å². The summed E-state index contributed by atoms with van der Waals surface area (Å²) in [6, 6.07) is 23.7. The minimum Gasteiger partial charge on any atom is -0.455 e. The van der Waals surface area contributed by atoms with Gasteiger partial charge in [0.25, 0.3) is 0 Å². The summed E-state index contributed by atoms with van der Waals surface area (Å²) < 4.78 is 19.1. The molecule has 4 aromatic carbocycles. The maximum Gasteiger partial charge on any atom is 0.494 e. The van der Waals surface area contributed by atoms with E-state index in [0.29, 0.717) is 0 Å². The van der Waals surface area contributed by atoms with Gasteiger partial charge in [0.1, 0.15) is 11.2 Å².